The number of carboxylic acids is 1. The Hall–Kier alpha value is -1.62. The molecule has 0 aliphatic carbocycles. The summed E-state index contributed by atoms with van der Waals surface area (Å²) in [4.78, 5) is 10.8. The highest BCUT2D eigenvalue weighted by Gasteiger charge is 2.24. The second-order valence-electron chi connectivity index (χ2n) is 3.44. The summed E-state index contributed by atoms with van der Waals surface area (Å²) in [5.41, 5.74) is 0.668. The van der Waals surface area contributed by atoms with Gasteiger partial charge in [-0.2, -0.15) is 0 Å². The molecule has 1 rings (SSSR count). The Balaban J connectivity index is 2.75. The molecule has 0 amide bonds. The largest absolute Gasteiger partial charge is 0.508 e. The number of aliphatic carboxylic acids is 1. The highest BCUT2D eigenvalue weighted by molar-refractivity contribution is 5.73. The van der Waals surface area contributed by atoms with E-state index in [9.17, 15) is 9.28 Å². The number of hydrogen-bond donors (Lipinski definition) is 2. The van der Waals surface area contributed by atoms with Gasteiger partial charge in [0, 0.05) is 13.0 Å². The maximum atomic E-state index is 13.2. The standard InChI is InChI=1S/C11H14FNO3/c1-2-13(12)10(11(15)16)7-8-3-5-9(14)6-4-8/h3-6,10,14H,2,7H2,1H3,(H,15,16)/i12-1. The van der Waals surface area contributed by atoms with Crippen LogP contribution in [0, 0.1) is 0 Å². The van der Waals surface area contributed by atoms with E-state index in [2.05, 4.69) is 0 Å². The fraction of sp³-hybridized carbons (Fsp3) is 0.364. The van der Waals surface area contributed by atoms with Gasteiger partial charge in [0.2, 0.25) is 0 Å². The van der Waals surface area contributed by atoms with Gasteiger partial charge >= 0.3 is 5.97 Å². The lowest BCUT2D eigenvalue weighted by atomic mass is 10.1. The van der Waals surface area contributed by atoms with Gasteiger partial charge in [-0.3, -0.25) is 4.79 Å². The van der Waals surface area contributed by atoms with E-state index >= 15 is 0 Å². The van der Waals surface area contributed by atoms with E-state index < -0.39 is 12.0 Å². The Bertz CT molecular complexity index is 353. The third-order valence-corrected chi connectivity index (χ3v) is 2.29. The van der Waals surface area contributed by atoms with Crippen LogP contribution < -0.4 is 0 Å². The summed E-state index contributed by atoms with van der Waals surface area (Å²) in [5, 5.41) is 18.2. The molecule has 0 aromatic heterocycles. The molecule has 1 unspecified atom stereocenters. The maximum Gasteiger partial charge on any atom is 0.323 e. The minimum Gasteiger partial charge on any atom is -0.508 e. The molecule has 4 nitrogen and oxygen atoms in total. The van der Waals surface area contributed by atoms with Crippen LogP contribution in [0.15, 0.2) is 24.3 Å². The zero-order chi connectivity index (χ0) is 12.1. The zero-order valence-electron chi connectivity index (χ0n) is 8.93. The Morgan fingerprint density at radius 3 is 2.44 bits per heavy atom. The van der Waals surface area contributed by atoms with Crippen molar-refractivity contribution in [1.82, 2.24) is 5.12 Å². The molecule has 5 heteroatoms. The maximum absolute atomic E-state index is 13.2. The lowest BCUT2D eigenvalue weighted by Crippen LogP contribution is -2.37. The monoisotopic (exact) mass is 226 g/mol. The third-order valence-electron chi connectivity index (χ3n) is 2.29. The predicted octanol–water partition coefficient (Wildman–Crippen LogP) is 1.59. The normalized spacial score (nSPS) is 12.7. The smallest absolute Gasteiger partial charge is 0.323 e. The van der Waals surface area contributed by atoms with Gasteiger partial charge in [-0.25, -0.2) is 0 Å². The first-order chi connectivity index (χ1) is 7.54. The van der Waals surface area contributed by atoms with E-state index in [4.69, 9.17) is 10.2 Å². The van der Waals surface area contributed by atoms with Crippen LogP contribution in [-0.4, -0.2) is 33.9 Å². The molecule has 0 aliphatic heterocycles. The van der Waals surface area contributed by atoms with Gasteiger partial charge in [-0.1, -0.05) is 12.1 Å². The summed E-state index contributed by atoms with van der Waals surface area (Å²) in [6, 6.07) is 4.87. The van der Waals surface area contributed by atoms with Crippen LogP contribution in [0.2, 0.25) is 0 Å². The lowest BCUT2D eigenvalue weighted by molar-refractivity contribution is -0.151. The molecular weight excluding hydrogens is 212 g/mol. The van der Waals surface area contributed by atoms with E-state index in [1.165, 1.54) is 12.1 Å². The number of benzene rings is 1. The highest BCUT2D eigenvalue weighted by atomic mass is 18.3. The first-order valence-electron chi connectivity index (χ1n) is 4.97. The van der Waals surface area contributed by atoms with Crippen LogP contribution in [0.5, 0.6) is 5.75 Å². The molecule has 0 bridgehead atoms. The van der Waals surface area contributed by atoms with Crippen molar-refractivity contribution in [1.29, 1.82) is 0 Å². The van der Waals surface area contributed by atoms with Crippen LogP contribution in [0.4, 0.5) is 4.48 Å². The highest BCUT2D eigenvalue weighted by Crippen LogP contribution is 2.14. The summed E-state index contributed by atoms with van der Waals surface area (Å²) in [6.45, 7) is 1.57. The Labute approximate surface area is 92.9 Å². The molecule has 0 aliphatic rings. The number of phenols is 1. The second-order valence-corrected chi connectivity index (χ2v) is 3.44. The molecule has 1 aromatic rings. The summed E-state index contributed by atoms with van der Waals surface area (Å²) in [7, 11) is 0. The molecule has 1 atom stereocenters. The molecule has 1 aromatic carbocycles. The number of aromatic hydroxyl groups is 1. The van der Waals surface area contributed by atoms with Crippen LogP contribution in [-0.2, 0) is 11.2 Å². The van der Waals surface area contributed by atoms with E-state index in [0.717, 1.165) is 0 Å². The molecule has 0 saturated heterocycles. The average Bonchev–Trinajstić information content (AvgIpc) is 2.27. The Morgan fingerprint density at radius 1 is 1.44 bits per heavy atom. The second kappa shape index (κ2) is 5.46. The van der Waals surface area contributed by atoms with Gasteiger partial charge in [0.1, 0.15) is 11.8 Å². The Morgan fingerprint density at radius 2 is 2.00 bits per heavy atom. The molecule has 0 fully saturated rings. The van der Waals surface area contributed by atoms with Crippen LogP contribution in [0.25, 0.3) is 0 Å². The van der Waals surface area contributed by atoms with Crippen molar-refractivity contribution in [3.05, 3.63) is 29.8 Å². The minimum absolute atomic E-state index is 0.0229. The van der Waals surface area contributed by atoms with Gasteiger partial charge < -0.3 is 10.2 Å². The van der Waals surface area contributed by atoms with Crippen LogP contribution in [0.3, 0.4) is 0 Å². The SMILES string of the molecule is CCN([18F])C(Cc1ccc(O)cc1)C(=O)O. The molecule has 16 heavy (non-hydrogen) atoms. The fourth-order valence-corrected chi connectivity index (χ4v) is 1.38. The van der Waals surface area contributed by atoms with Gasteiger partial charge in [0.05, 0.1) is 0 Å². The molecule has 0 saturated carbocycles. The topological polar surface area (TPSA) is 60.8 Å². The van der Waals surface area contributed by atoms with Crippen molar-refractivity contribution in [2.24, 2.45) is 0 Å². The Kier molecular flexibility index (Phi) is 4.25. The zero-order valence-corrected chi connectivity index (χ0v) is 8.93. The number of halogens is 1. The van der Waals surface area contributed by atoms with Crippen LogP contribution >= 0.6 is 0 Å². The van der Waals surface area contributed by atoms with Crippen molar-refractivity contribution in [2.45, 2.75) is 19.4 Å². The van der Waals surface area contributed by atoms with Crippen molar-refractivity contribution in [2.75, 3.05) is 6.54 Å². The number of likely N-dealkylation sites (N-methyl/N-ethyl adjacent to an activating group) is 1. The molecule has 0 spiro atoms. The van der Waals surface area contributed by atoms with E-state index in [-0.39, 0.29) is 23.8 Å². The number of phenolic OH excluding ortho intramolecular Hbond substituents is 1. The van der Waals surface area contributed by atoms with E-state index in [1.54, 1.807) is 19.1 Å². The van der Waals surface area contributed by atoms with E-state index in [1.807, 2.05) is 0 Å². The minimum atomic E-state index is -1.20. The molecule has 0 radical (unpaired) electrons. The van der Waals surface area contributed by atoms with Gasteiger partial charge in [0.15, 0.2) is 0 Å². The van der Waals surface area contributed by atoms with Gasteiger partial charge in [-0.15, -0.1) is 9.60 Å². The first kappa shape index (κ1) is 12.4. The van der Waals surface area contributed by atoms with Gasteiger partial charge in [0.25, 0.3) is 0 Å². The molecule has 88 valence electrons. The number of rotatable bonds is 5. The van der Waals surface area contributed by atoms with Crippen molar-refractivity contribution >= 4 is 5.97 Å². The van der Waals surface area contributed by atoms with Crippen molar-refractivity contribution in [3.8, 4) is 5.75 Å². The predicted molar refractivity (Wildman–Crippen MR) is 56.7 cm³/mol. The molecule has 2 N–H and O–H groups in total. The molecular formula is C11H14FNO3. The number of carboxylic acid groups (broad SMARTS) is 1. The van der Waals surface area contributed by atoms with Gasteiger partial charge in [-0.05, 0) is 24.6 Å². The first-order valence-corrected chi connectivity index (χ1v) is 4.97. The summed E-state index contributed by atoms with van der Waals surface area (Å²) in [5.74, 6) is -1.10. The molecule has 0 heterocycles. The van der Waals surface area contributed by atoms with E-state index in [0.29, 0.717) is 5.56 Å². The fourth-order valence-electron chi connectivity index (χ4n) is 1.38. The van der Waals surface area contributed by atoms with Crippen LogP contribution in [0.1, 0.15) is 12.5 Å². The van der Waals surface area contributed by atoms with Crippen molar-refractivity contribution < 1.29 is 19.5 Å². The average molecular weight is 226 g/mol. The summed E-state index contributed by atoms with van der Waals surface area (Å²) < 4.78 is 13.2. The van der Waals surface area contributed by atoms with Crippen molar-refractivity contribution in [3.63, 3.8) is 0 Å². The number of carbonyl (C=O) groups is 1. The lowest BCUT2D eigenvalue weighted by Gasteiger charge is -2.18. The summed E-state index contributed by atoms with van der Waals surface area (Å²) >= 11 is 0. The number of nitrogens with zero attached hydrogens (tertiary/aromatic N) is 1. The third kappa shape index (κ3) is 3.20. The quantitative estimate of drug-likeness (QED) is 0.748. The number of hydrogen-bond acceptors (Lipinski definition) is 3. The summed E-state index contributed by atoms with van der Waals surface area (Å²) in [6.07, 6.45) is 0.0694.